The van der Waals surface area contributed by atoms with Crippen molar-refractivity contribution in [3.63, 3.8) is 0 Å². The Labute approximate surface area is 114 Å². The number of rotatable bonds is 10. The Balaban J connectivity index is 2.30. The standard InChI is InChI=1S/C14H25NO4/c1-3-4-5-8-19-10-13(16)15(12-6-7-12)9-11(2)14(17)18/h11-12H,3-10H2,1-2H3,(H,17,18). The third-order valence-electron chi connectivity index (χ3n) is 3.32. The van der Waals surface area contributed by atoms with Gasteiger partial charge in [-0.2, -0.15) is 0 Å². The van der Waals surface area contributed by atoms with Crippen LogP contribution in [0.4, 0.5) is 0 Å². The summed E-state index contributed by atoms with van der Waals surface area (Å²) in [7, 11) is 0. The van der Waals surface area contributed by atoms with Gasteiger partial charge in [0.05, 0.1) is 5.92 Å². The number of nitrogens with zero attached hydrogens (tertiary/aromatic N) is 1. The summed E-state index contributed by atoms with van der Waals surface area (Å²) in [6.45, 7) is 4.72. The fraction of sp³-hybridized carbons (Fsp3) is 0.857. The van der Waals surface area contributed by atoms with Crippen LogP contribution in [0.15, 0.2) is 0 Å². The predicted molar refractivity (Wildman–Crippen MR) is 71.9 cm³/mol. The van der Waals surface area contributed by atoms with Gasteiger partial charge in [0.1, 0.15) is 6.61 Å². The first-order chi connectivity index (χ1) is 9.06. The molecular weight excluding hydrogens is 246 g/mol. The Bertz CT molecular complexity index is 302. The molecule has 110 valence electrons. The molecule has 0 radical (unpaired) electrons. The van der Waals surface area contributed by atoms with Crippen molar-refractivity contribution in [2.75, 3.05) is 19.8 Å². The van der Waals surface area contributed by atoms with E-state index in [1.54, 1.807) is 11.8 Å². The second-order valence-corrected chi connectivity index (χ2v) is 5.28. The molecule has 1 rings (SSSR count). The van der Waals surface area contributed by atoms with Crippen LogP contribution in [0.2, 0.25) is 0 Å². The van der Waals surface area contributed by atoms with Crippen molar-refractivity contribution in [2.45, 2.75) is 52.0 Å². The minimum Gasteiger partial charge on any atom is -0.481 e. The first-order valence-electron chi connectivity index (χ1n) is 7.16. The van der Waals surface area contributed by atoms with E-state index in [4.69, 9.17) is 9.84 Å². The van der Waals surface area contributed by atoms with Crippen molar-refractivity contribution in [1.29, 1.82) is 0 Å². The zero-order chi connectivity index (χ0) is 14.3. The highest BCUT2D eigenvalue weighted by Crippen LogP contribution is 2.27. The fourth-order valence-electron chi connectivity index (χ4n) is 1.91. The summed E-state index contributed by atoms with van der Waals surface area (Å²) in [5.41, 5.74) is 0. The molecule has 0 saturated heterocycles. The molecule has 1 unspecified atom stereocenters. The molecule has 0 aromatic rings. The van der Waals surface area contributed by atoms with Gasteiger partial charge in [-0.1, -0.05) is 26.7 Å². The largest absolute Gasteiger partial charge is 0.481 e. The highest BCUT2D eigenvalue weighted by molar-refractivity contribution is 5.79. The lowest BCUT2D eigenvalue weighted by Crippen LogP contribution is -2.40. The summed E-state index contributed by atoms with van der Waals surface area (Å²) in [4.78, 5) is 24.6. The molecule has 1 saturated carbocycles. The van der Waals surface area contributed by atoms with E-state index in [1.165, 1.54) is 0 Å². The average molecular weight is 271 g/mol. The Morgan fingerprint density at radius 1 is 1.37 bits per heavy atom. The minimum atomic E-state index is -0.859. The van der Waals surface area contributed by atoms with Crippen LogP contribution in [0, 0.1) is 5.92 Å². The zero-order valence-electron chi connectivity index (χ0n) is 11.9. The van der Waals surface area contributed by atoms with E-state index in [9.17, 15) is 9.59 Å². The summed E-state index contributed by atoms with van der Waals surface area (Å²) >= 11 is 0. The first kappa shape index (κ1) is 16.0. The van der Waals surface area contributed by atoms with Crippen LogP contribution in [-0.2, 0) is 14.3 Å². The molecule has 5 heteroatoms. The number of hydrogen-bond acceptors (Lipinski definition) is 3. The lowest BCUT2D eigenvalue weighted by molar-refractivity contribution is -0.144. The van der Waals surface area contributed by atoms with Gasteiger partial charge < -0.3 is 14.7 Å². The molecule has 19 heavy (non-hydrogen) atoms. The van der Waals surface area contributed by atoms with Crippen molar-refractivity contribution >= 4 is 11.9 Å². The van der Waals surface area contributed by atoms with Gasteiger partial charge in [-0.25, -0.2) is 0 Å². The van der Waals surface area contributed by atoms with Gasteiger partial charge in [0.25, 0.3) is 0 Å². The van der Waals surface area contributed by atoms with Crippen molar-refractivity contribution in [3.05, 3.63) is 0 Å². The van der Waals surface area contributed by atoms with Crippen LogP contribution in [0.1, 0.15) is 46.0 Å². The summed E-state index contributed by atoms with van der Waals surface area (Å²) in [5.74, 6) is -1.46. The lowest BCUT2D eigenvalue weighted by Gasteiger charge is -2.24. The van der Waals surface area contributed by atoms with E-state index in [0.717, 1.165) is 32.1 Å². The van der Waals surface area contributed by atoms with Crippen LogP contribution in [0.25, 0.3) is 0 Å². The van der Waals surface area contributed by atoms with Gasteiger partial charge in [0, 0.05) is 19.2 Å². The minimum absolute atomic E-state index is 0.0759. The molecule has 5 nitrogen and oxygen atoms in total. The van der Waals surface area contributed by atoms with Gasteiger partial charge >= 0.3 is 5.97 Å². The molecule has 0 aliphatic heterocycles. The molecule has 1 aliphatic carbocycles. The monoisotopic (exact) mass is 271 g/mol. The van der Waals surface area contributed by atoms with E-state index >= 15 is 0 Å². The average Bonchev–Trinajstić information content (AvgIpc) is 3.19. The maximum absolute atomic E-state index is 12.0. The van der Waals surface area contributed by atoms with E-state index < -0.39 is 11.9 Å². The SMILES string of the molecule is CCCCCOCC(=O)N(CC(C)C(=O)O)C1CC1. The normalized spacial score (nSPS) is 16.1. The fourth-order valence-corrected chi connectivity index (χ4v) is 1.91. The van der Waals surface area contributed by atoms with Crippen LogP contribution < -0.4 is 0 Å². The van der Waals surface area contributed by atoms with Crippen LogP contribution >= 0.6 is 0 Å². The van der Waals surface area contributed by atoms with Gasteiger partial charge in [-0.3, -0.25) is 9.59 Å². The van der Waals surface area contributed by atoms with Crippen LogP contribution in [-0.4, -0.2) is 47.7 Å². The number of ether oxygens (including phenoxy) is 1. The Morgan fingerprint density at radius 2 is 2.05 bits per heavy atom. The van der Waals surface area contributed by atoms with Crippen molar-refractivity contribution < 1.29 is 19.4 Å². The van der Waals surface area contributed by atoms with Gasteiger partial charge in [-0.15, -0.1) is 0 Å². The molecule has 0 heterocycles. The number of carbonyl (C=O) groups excluding carboxylic acids is 1. The van der Waals surface area contributed by atoms with Crippen molar-refractivity contribution in [3.8, 4) is 0 Å². The molecule has 1 fully saturated rings. The molecule has 1 atom stereocenters. The number of amides is 1. The lowest BCUT2D eigenvalue weighted by atomic mass is 10.1. The highest BCUT2D eigenvalue weighted by atomic mass is 16.5. The molecule has 1 N–H and O–H groups in total. The number of carbonyl (C=O) groups is 2. The number of unbranched alkanes of at least 4 members (excludes halogenated alkanes) is 2. The van der Waals surface area contributed by atoms with E-state index in [2.05, 4.69) is 6.92 Å². The predicted octanol–water partition coefficient (Wildman–Crippen LogP) is 1.90. The maximum atomic E-state index is 12.0. The smallest absolute Gasteiger partial charge is 0.308 e. The van der Waals surface area contributed by atoms with Crippen molar-refractivity contribution in [2.24, 2.45) is 5.92 Å². The molecule has 0 aromatic carbocycles. The molecule has 1 aliphatic rings. The third-order valence-corrected chi connectivity index (χ3v) is 3.32. The first-order valence-corrected chi connectivity index (χ1v) is 7.16. The second kappa shape index (κ2) is 8.15. The number of carboxylic acid groups (broad SMARTS) is 1. The second-order valence-electron chi connectivity index (χ2n) is 5.28. The number of hydrogen-bond donors (Lipinski definition) is 1. The summed E-state index contributed by atoms with van der Waals surface area (Å²) < 4.78 is 5.36. The molecule has 0 aromatic heterocycles. The molecular formula is C14H25NO4. The highest BCUT2D eigenvalue weighted by Gasteiger charge is 2.34. The summed E-state index contributed by atoms with van der Waals surface area (Å²) in [6.07, 6.45) is 5.17. The van der Waals surface area contributed by atoms with Crippen LogP contribution in [0.5, 0.6) is 0 Å². The van der Waals surface area contributed by atoms with Gasteiger partial charge in [0.2, 0.25) is 5.91 Å². The van der Waals surface area contributed by atoms with Crippen LogP contribution in [0.3, 0.4) is 0 Å². The Kier molecular flexibility index (Phi) is 6.84. The van der Waals surface area contributed by atoms with Crippen molar-refractivity contribution in [1.82, 2.24) is 4.90 Å². The zero-order valence-corrected chi connectivity index (χ0v) is 11.9. The summed E-state index contributed by atoms with van der Waals surface area (Å²) in [5, 5.41) is 8.92. The number of carboxylic acids is 1. The molecule has 0 spiro atoms. The number of aliphatic carboxylic acids is 1. The maximum Gasteiger partial charge on any atom is 0.308 e. The Morgan fingerprint density at radius 3 is 2.58 bits per heavy atom. The van der Waals surface area contributed by atoms with E-state index in [1.807, 2.05) is 0 Å². The quantitative estimate of drug-likeness (QED) is 0.616. The molecule has 1 amide bonds. The Hall–Kier alpha value is -1.10. The third kappa shape index (κ3) is 6.05. The summed E-state index contributed by atoms with van der Waals surface area (Å²) in [6, 6.07) is 0.230. The van der Waals surface area contributed by atoms with E-state index in [0.29, 0.717) is 6.61 Å². The van der Waals surface area contributed by atoms with Gasteiger partial charge in [-0.05, 0) is 19.3 Å². The van der Waals surface area contributed by atoms with Gasteiger partial charge in [0.15, 0.2) is 0 Å². The topological polar surface area (TPSA) is 66.8 Å². The van der Waals surface area contributed by atoms with E-state index in [-0.39, 0.29) is 25.1 Å². The molecule has 0 bridgehead atoms.